The van der Waals surface area contributed by atoms with Crippen molar-refractivity contribution in [1.82, 2.24) is 10.6 Å². The zero-order valence-electron chi connectivity index (χ0n) is 11.9. The Hall–Kier alpha value is -1.10. The van der Waals surface area contributed by atoms with Crippen molar-refractivity contribution in [2.45, 2.75) is 64.5 Å². The molecule has 0 aromatic carbocycles. The van der Waals surface area contributed by atoms with Crippen LogP contribution in [0.3, 0.4) is 0 Å². The Morgan fingerprint density at radius 3 is 2.42 bits per heavy atom. The zero-order chi connectivity index (χ0) is 14.3. The number of carboxylic acids is 1. The van der Waals surface area contributed by atoms with Crippen molar-refractivity contribution in [3.63, 3.8) is 0 Å². The quantitative estimate of drug-likeness (QED) is 0.655. The summed E-state index contributed by atoms with van der Waals surface area (Å²) in [6.45, 7) is 4.26. The Bertz CT molecular complexity index is 299. The van der Waals surface area contributed by atoms with E-state index in [0.29, 0.717) is 6.42 Å². The Labute approximate surface area is 115 Å². The molecule has 19 heavy (non-hydrogen) atoms. The van der Waals surface area contributed by atoms with Crippen LogP contribution in [-0.2, 0) is 9.59 Å². The standard InChI is InChI=1S/C14H26N2O3/c1-3-4-12(14(18)19)15-9-13(17)16-11-7-5-10(2)6-8-11/h10-12,15H,3-9H2,1-2H3,(H,16,17)(H,18,19). The van der Waals surface area contributed by atoms with Crippen molar-refractivity contribution in [2.75, 3.05) is 6.54 Å². The number of rotatable bonds is 7. The summed E-state index contributed by atoms with van der Waals surface area (Å²) in [4.78, 5) is 22.7. The van der Waals surface area contributed by atoms with Crippen LogP contribution in [0.5, 0.6) is 0 Å². The molecule has 0 saturated heterocycles. The predicted molar refractivity (Wildman–Crippen MR) is 73.9 cm³/mol. The molecular weight excluding hydrogens is 244 g/mol. The van der Waals surface area contributed by atoms with E-state index in [1.54, 1.807) is 0 Å². The lowest BCUT2D eigenvalue weighted by atomic mass is 9.87. The summed E-state index contributed by atoms with van der Waals surface area (Å²) in [5.41, 5.74) is 0. The second-order valence-corrected chi connectivity index (χ2v) is 5.58. The molecule has 5 nitrogen and oxygen atoms in total. The van der Waals surface area contributed by atoms with Gasteiger partial charge in [0.1, 0.15) is 6.04 Å². The van der Waals surface area contributed by atoms with Crippen LogP contribution < -0.4 is 10.6 Å². The Morgan fingerprint density at radius 2 is 1.89 bits per heavy atom. The Kier molecular flexibility index (Phi) is 6.84. The van der Waals surface area contributed by atoms with E-state index in [2.05, 4.69) is 17.6 Å². The topological polar surface area (TPSA) is 78.4 Å². The number of carbonyl (C=O) groups excluding carboxylic acids is 1. The zero-order valence-corrected chi connectivity index (χ0v) is 11.9. The molecular formula is C14H26N2O3. The first-order chi connectivity index (χ1) is 9.02. The van der Waals surface area contributed by atoms with Crippen molar-refractivity contribution >= 4 is 11.9 Å². The maximum absolute atomic E-state index is 11.8. The average molecular weight is 270 g/mol. The third-order valence-electron chi connectivity index (χ3n) is 3.77. The number of nitrogens with one attached hydrogen (secondary N) is 2. The van der Waals surface area contributed by atoms with E-state index in [9.17, 15) is 9.59 Å². The molecule has 1 rings (SSSR count). The van der Waals surface area contributed by atoms with Gasteiger partial charge in [0.25, 0.3) is 0 Å². The van der Waals surface area contributed by atoms with Gasteiger partial charge in [0, 0.05) is 6.04 Å². The lowest BCUT2D eigenvalue weighted by Crippen LogP contribution is -2.46. The third kappa shape index (κ3) is 6.05. The molecule has 1 amide bonds. The molecule has 1 aliphatic rings. The normalized spacial score (nSPS) is 24.7. The number of amides is 1. The van der Waals surface area contributed by atoms with E-state index >= 15 is 0 Å². The number of carboxylic acid groups (broad SMARTS) is 1. The molecule has 0 aromatic rings. The van der Waals surface area contributed by atoms with E-state index in [4.69, 9.17) is 5.11 Å². The number of hydrogen-bond acceptors (Lipinski definition) is 3. The van der Waals surface area contributed by atoms with E-state index in [-0.39, 0.29) is 18.5 Å². The SMILES string of the molecule is CCCC(NCC(=O)NC1CCC(C)CC1)C(=O)O. The van der Waals surface area contributed by atoms with Gasteiger partial charge in [-0.2, -0.15) is 0 Å². The average Bonchev–Trinajstić information content (AvgIpc) is 2.37. The molecule has 1 fully saturated rings. The van der Waals surface area contributed by atoms with Gasteiger partial charge in [-0.3, -0.25) is 14.9 Å². The summed E-state index contributed by atoms with van der Waals surface area (Å²) in [6, 6.07) is -0.359. The van der Waals surface area contributed by atoms with E-state index in [1.165, 1.54) is 0 Å². The van der Waals surface area contributed by atoms with E-state index in [0.717, 1.165) is 38.0 Å². The van der Waals surface area contributed by atoms with Crippen LogP contribution in [0, 0.1) is 5.92 Å². The molecule has 0 aliphatic heterocycles. The molecule has 1 saturated carbocycles. The van der Waals surface area contributed by atoms with Crippen molar-refractivity contribution in [1.29, 1.82) is 0 Å². The molecule has 110 valence electrons. The highest BCUT2D eigenvalue weighted by Gasteiger charge is 2.21. The van der Waals surface area contributed by atoms with Crippen LogP contribution in [0.25, 0.3) is 0 Å². The summed E-state index contributed by atoms with van der Waals surface area (Å²) in [5.74, 6) is -0.227. The number of hydrogen-bond donors (Lipinski definition) is 3. The van der Waals surface area contributed by atoms with Crippen LogP contribution >= 0.6 is 0 Å². The molecule has 0 spiro atoms. The van der Waals surface area contributed by atoms with Crippen molar-refractivity contribution in [2.24, 2.45) is 5.92 Å². The van der Waals surface area contributed by atoms with Gasteiger partial charge in [-0.1, -0.05) is 20.3 Å². The lowest BCUT2D eigenvalue weighted by molar-refractivity contribution is -0.139. The second kappa shape index (κ2) is 8.15. The number of carbonyl (C=O) groups is 2. The van der Waals surface area contributed by atoms with Crippen LogP contribution in [0.4, 0.5) is 0 Å². The van der Waals surface area contributed by atoms with Crippen molar-refractivity contribution in [3.8, 4) is 0 Å². The molecule has 1 atom stereocenters. The molecule has 0 bridgehead atoms. The summed E-state index contributed by atoms with van der Waals surface area (Å²) >= 11 is 0. The molecule has 0 heterocycles. The van der Waals surface area contributed by atoms with Gasteiger partial charge >= 0.3 is 5.97 Å². The molecule has 0 aromatic heterocycles. The van der Waals surface area contributed by atoms with Gasteiger partial charge in [0.2, 0.25) is 5.91 Å². The van der Waals surface area contributed by atoms with Crippen LogP contribution in [0.2, 0.25) is 0 Å². The Balaban J connectivity index is 2.25. The molecule has 0 radical (unpaired) electrons. The maximum atomic E-state index is 11.8. The minimum absolute atomic E-state index is 0.0863. The first-order valence-corrected chi connectivity index (χ1v) is 7.28. The fourth-order valence-electron chi connectivity index (χ4n) is 2.50. The lowest BCUT2D eigenvalue weighted by Gasteiger charge is -2.27. The third-order valence-corrected chi connectivity index (χ3v) is 3.77. The highest BCUT2D eigenvalue weighted by molar-refractivity contribution is 5.80. The largest absolute Gasteiger partial charge is 0.480 e. The van der Waals surface area contributed by atoms with Gasteiger partial charge in [0.15, 0.2) is 0 Å². The maximum Gasteiger partial charge on any atom is 0.320 e. The van der Waals surface area contributed by atoms with Gasteiger partial charge in [-0.05, 0) is 38.0 Å². The highest BCUT2D eigenvalue weighted by atomic mass is 16.4. The molecule has 3 N–H and O–H groups in total. The summed E-state index contributed by atoms with van der Waals surface area (Å²) in [6.07, 6.45) is 5.71. The number of aliphatic carboxylic acids is 1. The van der Waals surface area contributed by atoms with Gasteiger partial charge in [-0.25, -0.2) is 0 Å². The smallest absolute Gasteiger partial charge is 0.320 e. The van der Waals surface area contributed by atoms with Crippen molar-refractivity contribution in [3.05, 3.63) is 0 Å². The molecule has 1 unspecified atom stereocenters. The van der Waals surface area contributed by atoms with E-state index < -0.39 is 12.0 Å². The van der Waals surface area contributed by atoms with Crippen LogP contribution in [0.15, 0.2) is 0 Å². The second-order valence-electron chi connectivity index (χ2n) is 5.58. The fourth-order valence-corrected chi connectivity index (χ4v) is 2.50. The minimum Gasteiger partial charge on any atom is -0.480 e. The van der Waals surface area contributed by atoms with Gasteiger partial charge in [-0.15, -0.1) is 0 Å². The highest BCUT2D eigenvalue weighted by Crippen LogP contribution is 2.23. The van der Waals surface area contributed by atoms with Crippen LogP contribution in [0.1, 0.15) is 52.4 Å². The first kappa shape index (κ1) is 16.0. The summed E-state index contributed by atoms with van der Waals surface area (Å²) < 4.78 is 0. The first-order valence-electron chi connectivity index (χ1n) is 7.28. The van der Waals surface area contributed by atoms with Gasteiger partial charge < -0.3 is 10.4 Å². The minimum atomic E-state index is -0.888. The summed E-state index contributed by atoms with van der Waals surface area (Å²) in [7, 11) is 0. The van der Waals surface area contributed by atoms with Crippen LogP contribution in [-0.4, -0.2) is 35.6 Å². The molecule has 5 heteroatoms. The fraction of sp³-hybridized carbons (Fsp3) is 0.857. The predicted octanol–water partition coefficient (Wildman–Crippen LogP) is 1.52. The van der Waals surface area contributed by atoms with Gasteiger partial charge in [0.05, 0.1) is 6.54 Å². The molecule has 1 aliphatic carbocycles. The summed E-state index contributed by atoms with van der Waals surface area (Å²) in [5, 5.41) is 14.8. The van der Waals surface area contributed by atoms with E-state index in [1.807, 2.05) is 6.92 Å². The monoisotopic (exact) mass is 270 g/mol. The Morgan fingerprint density at radius 1 is 1.26 bits per heavy atom. The van der Waals surface area contributed by atoms with Crippen molar-refractivity contribution < 1.29 is 14.7 Å².